The molecule has 1 N–H and O–H groups in total. The zero-order valence-corrected chi connectivity index (χ0v) is 18.2. The van der Waals surface area contributed by atoms with Gasteiger partial charge in [-0.25, -0.2) is 0 Å². The van der Waals surface area contributed by atoms with Gasteiger partial charge in [-0.15, -0.1) is 0 Å². The highest BCUT2D eigenvalue weighted by Gasteiger charge is 2.38. The van der Waals surface area contributed by atoms with E-state index in [1.165, 1.54) is 39.4 Å². The fourth-order valence-corrected chi connectivity index (χ4v) is 6.30. The number of hydrogen-bond acceptors (Lipinski definition) is 2. The van der Waals surface area contributed by atoms with Crippen molar-refractivity contribution in [1.82, 2.24) is 5.32 Å². The van der Waals surface area contributed by atoms with Crippen LogP contribution in [0.3, 0.4) is 0 Å². The van der Waals surface area contributed by atoms with Crippen LogP contribution >= 0.6 is 0 Å². The minimum Gasteiger partial charge on any atom is -0.381 e. The molecule has 0 fully saturated rings. The number of rotatable bonds is 2. The molecule has 0 amide bonds. The minimum absolute atomic E-state index is 0.382. The zero-order valence-electron chi connectivity index (χ0n) is 18.2. The van der Waals surface area contributed by atoms with Crippen molar-refractivity contribution in [2.45, 2.75) is 43.7 Å². The van der Waals surface area contributed by atoms with Gasteiger partial charge in [0.2, 0.25) is 0 Å². The lowest BCUT2D eigenvalue weighted by molar-refractivity contribution is 0.624. The van der Waals surface area contributed by atoms with Crippen LogP contribution in [0.25, 0.3) is 5.57 Å². The van der Waals surface area contributed by atoms with Crippen LogP contribution in [0, 0.1) is 5.92 Å². The monoisotopic (exact) mass is 416 g/mol. The smallest absolute Gasteiger partial charge is 0.0629 e. The fraction of sp³-hybridized carbons (Fsp3) is 0.267. The highest BCUT2D eigenvalue weighted by molar-refractivity contribution is 5.78. The Bertz CT molecular complexity index is 1230. The van der Waals surface area contributed by atoms with E-state index in [2.05, 4.69) is 101 Å². The quantitative estimate of drug-likeness (QED) is 0.595. The lowest BCUT2D eigenvalue weighted by Gasteiger charge is -2.30. The van der Waals surface area contributed by atoms with Gasteiger partial charge in [0.15, 0.2) is 0 Å². The van der Waals surface area contributed by atoms with Gasteiger partial charge in [-0.1, -0.05) is 72.9 Å². The van der Waals surface area contributed by atoms with Crippen LogP contribution in [0.2, 0.25) is 0 Å². The first kappa shape index (κ1) is 18.3. The third-order valence-corrected chi connectivity index (χ3v) is 7.83. The third-order valence-electron chi connectivity index (χ3n) is 7.83. The van der Waals surface area contributed by atoms with E-state index in [1.54, 1.807) is 0 Å². The minimum atomic E-state index is 0.382. The molecule has 7 rings (SSSR count). The molecule has 2 nitrogen and oxygen atoms in total. The van der Waals surface area contributed by atoms with E-state index in [4.69, 9.17) is 0 Å². The van der Waals surface area contributed by atoms with Crippen molar-refractivity contribution in [3.63, 3.8) is 0 Å². The van der Waals surface area contributed by atoms with Crippen molar-refractivity contribution in [1.29, 1.82) is 0 Å². The van der Waals surface area contributed by atoms with E-state index >= 15 is 0 Å². The van der Waals surface area contributed by atoms with Crippen LogP contribution in [0.5, 0.6) is 0 Å². The van der Waals surface area contributed by atoms with Crippen LogP contribution < -0.4 is 10.2 Å². The Morgan fingerprint density at radius 2 is 1.75 bits per heavy atom. The molecule has 1 aromatic rings. The first-order chi connectivity index (χ1) is 15.9. The number of hydrogen-bond donors (Lipinski definition) is 1. The van der Waals surface area contributed by atoms with Gasteiger partial charge < -0.3 is 10.2 Å². The molecule has 6 aliphatic rings. The van der Waals surface area contributed by atoms with E-state index in [-0.39, 0.29) is 0 Å². The maximum atomic E-state index is 3.75. The molecule has 2 heterocycles. The molecule has 4 atom stereocenters. The van der Waals surface area contributed by atoms with Gasteiger partial charge in [0, 0.05) is 28.9 Å². The van der Waals surface area contributed by atoms with Crippen molar-refractivity contribution < 1.29 is 0 Å². The summed E-state index contributed by atoms with van der Waals surface area (Å²) in [6.07, 6.45) is 32.2. The Balaban J connectivity index is 1.28. The van der Waals surface area contributed by atoms with Gasteiger partial charge in [0.25, 0.3) is 0 Å². The molecular weight excluding hydrogens is 388 g/mol. The lowest BCUT2D eigenvalue weighted by Crippen LogP contribution is -2.31. The SMILES string of the molecule is C1=CC2NC3=C(C=C(c4ccc5c(c4)C4C=CC=CC4N5C4=CCCC=C4)CC3)C2C=C1. The highest BCUT2D eigenvalue weighted by Crippen LogP contribution is 2.48. The summed E-state index contributed by atoms with van der Waals surface area (Å²) < 4.78 is 0. The molecule has 2 heteroatoms. The molecule has 0 spiro atoms. The number of allylic oxidation sites excluding steroid dienone is 10. The van der Waals surface area contributed by atoms with Gasteiger partial charge in [0.1, 0.15) is 0 Å². The average molecular weight is 417 g/mol. The second-order valence-electron chi connectivity index (χ2n) is 9.61. The van der Waals surface area contributed by atoms with Crippen molar-refractivity contribution >= 4 is 11.3 Å². The van der Waals surface area contributed by atoms with Gasteiger partial charge in [0.05, 0.1) is 12.1 Å². The largest absolute Gasteiger partial charge is 0.381 e. The van der Waals surface area contributed by atoms with Crippen LogP contribution in [-0.4, -0.2) is 12.1 Å². The van der Waals surface area contributed by atoms with E-state index in [0.29, 0.717) is 23.9 Å². The Morgan fingerprint density at radius 1 is 0.875 bits per heavy atom. The fourth-order valence-electron chi connectivity index (χ4n) is 6.30. The molecule has 2 aliphatic heterocycles. The Hall–Kier alpha value is -3.26. The van der Waals surface area contributed by atoms with Crippen LogP contribution in [0.1, 0.15) is 42.7 Å². The Kier molecular flexibility index (Phi) is 4.08. The molecule has 0 saturated heterocycles. The van der Waals surface area contributed by atoms with E-state index < -0.39 is 0 Å². The first-order valence-corrected chi connectivity index (χ1v) is 12.1. The van der Waals surface area contributed by atoms with Gasteiger partial charge in [-0.05, 0) is 66.2 Å². The van der Waals surface area contributed by atoms with Crippen LogP contribution in [0.4, 0.5) is 5.69 Å². The molecule has 0 bridgehead atoms. The number of anilines is 1. The average Bonchev–Trinajstić information content (AvgIpc) is 3.39. The van der Waals surface area contributed by atoms with E-state index in [9.17, 15) is 0 Å². The number of nitrogens with zero attached hydrogens (tertiary/aromatic N) is 1. The second-order valence-corrected chi connectivity index (χ2v) is 9.61. The Morgan fingerprint density at radius 3 is 2.66 bits per heavy atom. The maximum absolute atomic E-state index is 3.75. The summed E-state index contributed by atoms with van der Waals surface area (Å²) in [5, 5.41) is 3.75. The third kappa shape index (κ3) is 2.72. The van der Waals surface area contributed by atoms with Crippen molar-refractivity contribution in [3.8, 4) is 0 Å². The summed E-state index contributed by atoms with van der Waals surface area (Å²) in [6, 6.07) is 8.03. The molecular formula is C30H28N2. The summed E-state index contributed by atoms with van der Waals surface area (Å²) in [4.78, 5) is 2.56. The maximum Gasteiger partial charge on any atom is 0.0629 e. The van der Waals surface area contributed by atoms with Crippen LogP contribution in [0.15, 0.2) is 108 Å². The Labute approximate surface area is 190 Å². The number of nitrogens with one attached hydrogen (secondary N) is 1. The predicted molar refractivity (Wildman–Crippen MR) is 133 cm³/mol. The second kappa shape index (κ2) is 7.13. The highest BCUT2D eigenvalue weighted by atomic mass is 15.2. The molecule has 4 aliphatic carbocycles. The molecule has 0 aromatic heterocycles. The molecule has 4 unspecified atom stereocenters. The molecule has 0 radical (unpaired) electrons. The van der Waals surface area contributed by atoms with Crippen molar-refractivity contribution in [3.05, 3.63) is 119 Å². The standard InChI is InChI=1S/C30H28N2/c1-2-8-22(9-3-1)32-29-13-7-5-11-24(29)26-19-21(15-17-30(26)32)20-14-16-28-25(18-20)23-10-4-6-12-27(23)31-28/h2,4-13,15,17-19,23-24,27,29,31H,1,3,14,16H2. The van der Waals surface area contributed by atoms with Gasteiger partial charge >= 0.3 is 0 Å². The predicted octanol–water partition coefficient (Wildman–Crippen LogP) is 6.46. The first-order valence-electron chi connectivity index (χ1n) is 12.1. The van der Waals surface area contributed by atoms with Gasteiger partial charge in [-0.3, -0.25) is 0 Å². The summed E-state index contributed by atoms with van der Waals surface area (Å²) in [6.45, 7) is 0. The van der Waals surface area contributed by atoms with Crippen molar-refractivity contribution in [2.24, 2.45) is 5.92 Å². The summed E-state index contributed by atoms with van der Waals surface area (Å²) >= 11 is 0. The normalized spacial score (nSPS) is 31.1. The molecule has 0 saturated carbocycles. The molecule has 158 valence electrons. The van der Waals surface area contributed by atoms with Gasteiger partial charge in [-0.2, -0.15) is 0 Å². The molecule has 1 aromatic carbocycles. The summed E-state index contributed by atoms with van der Waals surface area (Å²) in [5.74, 6) is 0.908. The summed E-state index contributed by atoms with van der Waals surface area (Å²) in [5.41, 5.74) is 10.0. The van der Waals surface area contributed by atoms with Crippen LogP contribution in [-0.2, 0) is 0 Å². The topological polar surface area (TPSA) is 15.3 Å². The number of fused-ring (bicyclic) bond motifs is 5. The van der Waals surface area contributed by atoms with Crippen molar-refractivity contribution in [2.75, 3.05) is 4.90 Å². The zero-order chi connectivity index (χ0) is 21.1. The van der Waals surface area contributed by atoms with E-state index in [0.717, 1.165) is 25.7 Å². The lowest BCUT2D eigenvalue weighted by atomic mass is 9.84. The summed E-state index contributed by atoms with van der Waals surface area (Å²) in [7, 11) is 0. The van der Waals surface area contributed by atoms with E-state index in [1.807, 2.05) is 0 Å². The molecule has 32 heavy (non-hydrogen) atoms. The number of benzene rings is 1.